The second-order valence-electron chi connectivity index (χ2n) is 7.28. The van der Waals surface area contributed by atoms with E-state index in [9.17, 15) is 4.79 Å². The molecule has 2 heterocycles. The van der Waals surface area contributed by atoms with Crippen molar-refractivity contribution in [2.75, 3.05) is 31.6 Å². The Morgan fingerprint density at radius 3 is 2.75 bits per heavy atom. The van der Waals surface area contributed by atoms with Gasteiger partial charge in [-0.05, 0) is 33.3 Å². The van der Waals surface area contributed by atoms with Crippen LogP contribution in [-0.2, 0) is 6.54 Å². The molecule has 1 aliphatic rings. The molecule has 1 aromatic heterocycles. The minimum atomic E-state index is -0.209. The fourth-order valence-corrected chi connectivity index (χ4v) is 3.43. The van der Waals surface area contributed by atoms with Crippen molar-refractivity contribution in [2.24, 2.45) is 5.73 Å². The van der Waals surface area contributed by atoms with Crippen LogP contribution in [0.2, 0.25) is 0 Å². The van der Waals surface area contributed by atoms with Crippen LogP contribution < -0.4 is 15.4 Å². The first-order valence-corrected chi connectivity index (χ1v) is 9.72. The summed E-state index contributed by atoms with van der Waals surface area (Å²) in [5.74, 6) is 1.61. The molecular weight excluding hydrogens is 354 g/mol. The number of carbonyl (C=O) groups excluding carboxylic acids is 1. The number of anilines is 1. The molecule has 0 radical (unpaired) electrons. The smallest absolute Gasteiger partial charge is 0.291 e. The van der Waals surface area contributed by atoms with Crippen molar-refractivity contribution < 1.29 is 9.53 Å². The van der Waals surface area contributed by atoms with Crippen molar-refractivity contribution >= 4 is 11.7 Å². The molecular formula is C21H29N5O2. The molecule has 3 rings (SSSR count). The predicted molar refractivity (Wildman–Crippen MR) is 110 cm³/mol. The van der Waals surface area contributed by atoms with Crippen LogP contribution in [0.15, 0.2) is 24.3 Å². The number of rotatable bonds is 6. The van der Waals surface area contributed by atoms with Gasteiger partial charge in [0.1, 0.15) is 11.6 Å². The minimum Gasteiger partial charge on any atom is -0.494 e. The summed E-state index contributed by atoms with van der Waals surface area (Å²) < 4.78 is 5.67. The molecule has 28 heavy (non-hydrogen) atoms. The lowest BCUT2D eigenvalue weighted by atomic mass is 10.2. The summed E-state index contributed by atoms with van der Waals surface area (Å²) in [6.07, 6.45) is 0.930. The van der Waals surface area contributed by atoms with Gasteiger partial charge < -0.3 is 20.3 Å². The van der Waals surface area contributed by atoms with E-state index in [2.05, 4.69) is 14.9 Å². The second kappa shape index (κ2) is 8.56. The van der Waals surface area contributed by atoms with Crippen LogP contribution in [0, 0.1) is 13.8 Å². The first-order valence-electron chi connectivity index (χ1n) is 9.72. The van der Waals surface area contributed by atoms with Crippen molar-refractivity contribution in [3.63, 3.8) is 0 Å². The summed E-state index contributed by atoms with van der Waals surface area (Å²) in [5, 5.41) is 0. The molecule has 1 fully saturated rings. The summed E-state index contributed by atoms with van der Waals surface area (Å²) in [4.78, 5) is 25.9. The zero-order valence-corrected chi connectivity index (χ0v) is 17.1. The normalized spacial score (nSPS) is 16.3. The number of para-hydroxylation sites is 1. The lowest BCUT2D eigenvalue weighted by Crippen LogP contribution is -2.31. The number of amides is 1. The van der Waals surface area contributed by atoms with E-state index < -0.39 is 0 Å². The van der Waals surface area contributed by atoms with E-state index in [1.807, 2.05) is 45.0 Å². The van der Waals surface area contributed by atoms with Gasteiger partial charge in [0.15, 0.2) is 0 Å². The molecule has 0 saturated carbocycles. The third-order valence-electron chi connectivity index (χ3n) is 5.11. The van der Waals surface area contributed by atoms with Crippen LogP contribution in [0.5, 0.6) is 5.75 Å². The summed E-state index contributed by atoms with van der Waals surface area (Å²) in [6.45, 7) is 8.46. The molecule has 7 nitrogen and oxygen atoms in total. The van der Waals surface area contributed by atoms with E-state index in [-0.39, 0.29) is 17.8 Å². The Morgan fingerprint density at radius 2 is 2.07 bits per heavy atom. The van der Waals surface area contributed by atoms with Gasteiger partial charge in [-0.25, -0.2) is 9.97 Å². The molecule has 150 valence electrons. The average Bonchev–Trinajstić information content (AvgIpc) is 3.11. The number of nitrogens with two attached hydrogens (primary N) is 1. The van der Waals surface area contributed by atoms with Crippen LogP contribution in [0.25, 0.3) is 0 Å². The molecule has 2 N–H and O–H groups in total. The molecule has 1 aliphatic heterocycles. The fourth-order valence-electron chi connectivity index (χ4n) is 3.43. The highest BCUT2D eigenvalue weighted by atomic mass is 16.5. The van der Waals surface area contributed by atoms with Gasteiger partial charge in [0.25, 0.3) is 5.91 Å². The van der Waals surface area contributed by atoms with Crippen LogP contribution >= 0.6 is 0 Å². The fraction of sp³-hybridized carbons (Fsp3) is 0.476. The van der Waals surface area contributed by atoms with Gasteiger partial charge in [-0.3, -0.25) is 4.79 Å². The molecule has 0 spiro atoms. The summed E-state index contributed by atoms with van der Waals surface area (Å²) >= 11 is 0. The zero-order valence-electron chi connectivity index (χ0n) is 17.1. The predicted octanol–water partition coefficient (Wildman–Crippen LogP) is 2.30. The monoisotopic (exact) mass is 383 g/mol. The number of carbonyl (C=O) groups is 1. The number of ether oxygens (including phenoxy) is 1. The lowest BCUT2D eigenvalue weighted by Gasteiger charge is -2.22. The summed E-state index contributed by atoms with van der Waals surface area (Å²) in [6, 6.07) is 7.89. The highest BCUT2D eigenvalue weighted by Gasteiger charge is 2.25. The molecule has 0 bridgehead atoms. The van der Waals surface area contributed by atoms with Crippen molar-refractivity contribution in [3.8, 4) is 5.75 Å². The largest absolute Gasteiger partial charge is 0.494 e. The standard InChI is InChI=1S/C21H29N5O2/c1-5-28-18-9-7-6-8-16(18)12-25(4)21(27)19-23-15(3)14(2)20(24-19)26-11-10-17(22)13-26/h6-9,17H,5,10-13,22H2,1-4H3/t17-/m1/s1. The highest BCUT2D eigenvalue weighted by molar-refractivity contribution is 5.91. The van der Waals surface area contributed by atoms with Crippen LogP contribution in [0.4, 0.5) is 5.82 Å². The highest BCUT2D eigenvalue weighted by Crippen LogP contribution is 2.24. The Kier molecular flexibility index (Phi) is 6.14. The molecule has 7 heteroatoms. The third kappa shape index (κ3) is 4.25. The second-order valence-corrected chi connectivity index (χ2v) is 7.28. The van der Waals surface area contributed by atoms with Crippen LogP contribution in [0.3, 0.4) is 0 Å². The molecule has 0 unspecified atom stereocenters. The van der Waals surface area contributed by atoms with Gasteiger partial charge in [0, 0.05) is 49.5 Å². The Balaban J connectivity index is 1.83. The van der Waals surface area contributed by atoms with Crippen molar-refractivity contribution in [2.45, 2.75) is 39.8 Å². The van der Waals surface area contributed by atoms with E-state index in [1.165, 1.54) is 0 Å². The number of hydrogen-bond acceptors (Lipinski definition) is 6. The van der Waals surface area contributed by atoms with Crippen molar-refractivity contribution in [3.05, 3.63) is 46.9 Å². The van der Waals surface area contributed by atoms with Crippen molar-refractivity contribution in [1.82, 2.24) is 14.9 Å². The van der Waals surface area contributed by atoms with E-state index >= 15 is 0 Å². The molecule has 1 aromatic carbocycles. The average molecular weight is 383 g/mol. The van der Waals surface area contributed by atoms with Gasteiger partial charge in [0.2, 0.25) is 5.82 Å². The molecule has 1 atom stereocenters. The van der Waals surface area contributed by atoms with E-state index in [0.717, 1.165) is 47.9 Å². The maximum atomic E-state index is 13.0. The first-order chi connectivity index (χ1) is 13.4. The van der Waals surface area contributed by atoms with Gasteiger partial charge in [-0.2, -0.15) is 0 Å². The van der Waals surface area contributed by atoms with Gasteiger partial charge in [-0.1, -0.05) is 18.2 Å². The van der Waals surface area contributed by atoms with Gasteiger partial charge >= 0.3 is 0 Å². The molecule has 1 saturated heterocycles. The summed E-state index contributed by atoms with van der Waals surface area (Å²) in [5.41, 5.74) is 8.81. The topological polar surface area (TPSA) is 84.6 Å². The van der Waals surface area contributed by atoms with Crippen molar-refractivity contribution in [1.29, 1.82) is 0 Å². The zero-order chi connectivity index (χ0) is 20.3. The van der Waals surface area contributed by atoms with E-state index in [1.54, 1.807) is 11.9 Å². The quantitative estimate of drug-likeness (QED) is 0.824. The molecule has 1 amide bonds. The SMILES string of the molecule is CCOc1ccccc1CN(C)C(=O)c1nc(C)c(C)c(N2CC[C@@H](N)C2)n1. The molecule has 0 aliphatic carbocycles. The third-order valence-corrected chi connectivity index (χ3v) is 5.11. The van der Waals surface area contributed by atoms with E-state index in [0.29, 0.717) is 13.2 Å². The number of benzene rings is 1. The number of nitrogens with zero attached hydrogens (tertiary/aromatic N) is 4. The van der Waals surface area contributed by atoms with Crippen LogP contribution in [0.1, 0.15) is 40.8 Å². The number of aromatic nitrogens is 2. The maximum Gasteiger partial charge on any atom is 0.291 e. The number of hydrogen-bond donors (Lipinski definition) is 1. The number of aryl methyl sites for hydroxylation is 1. The van der Waals surface area contributed by atoms with Gasteiger partial charge in [-0.15, -0.1) is 0 Å². The minimum absolute atomic E-state index is 0.145. The Bertz CT molecular complexity index is 855. The Morgan fingerprint density at radius 1 is 1.32 bits per heavy atom. The maximum absolute atomic E-state index is 13.0. The van der Waals surface area contributed by atoms with Crippen LogP contribution in [-0.4, -0.2) is 53.6 Å². The van der Waals surface area contributed by atoms with E-state index in [4.69, 9.17) is 10.5 Å². The Labute approximate surface area is 166 Å². The first kappa shape index (κ1) is 20.1. The lowest BCUT2D eigenvalue weighted by molar-refractivity contribution is 0.0771. The summed E-state index contributed by atoms with van der Waals surface area (Å²) in [7, 11) is 1.76. The van der Waals surface area contributed by atoms with Gasteiger partial charge in [0.05, 0.1) is 6.61 Å². The Hall–Kier alpha value is -2.67. The molecule has 2 aromatic rings.